The van der Waals surface area contributed by atoms with Gasteiger partial charge in [-0.3, -0.25) is 4.79 Å². The van der Waals surface area contributed by atoms with Crippen LogP contribution in [-0.4, -0.2) is 44.6 Å². The van der Waals surface area contributed by atoms with Gasteiger partial charge < -0.3 is 9.64 Å². The number of carbonyl (C=O) groups is 1. The van der Waals surface area contributed by atoms with Gasteiger partial charge in [-0.1, -0.05) is 4.49 Å². The zero-order chi connectivity index (χ0) is 18.0. The second-order valence-electron chi connectivity index (χ2n) is 5.68. The smallest absolute Gasteiger partial charge is 0.417 e. The fourth-order valence-corrected chi connectivity index (χ4v) is 3.16. The number of carbonyl (C=O) groups excluding carboxylic acids is 1. The van der Waals surface area contributed by atoms with Gasteiger partial charge in [0.15, 0.2) is 0 Å². The van der Waals surface area contributed by atoms with Crippen molar-refractivity contribution in [2.45, 2.75) is 32.0 Å². The van der Waals surface area contributed by atoms with Crippen molar-refractivity contribution in [2.75, 3.05) is 13.1 Å². The maximum Gasteiger partial charge on any atom is 0.417 e. The van der Waals surface area contributed by atoms with Gasteiger partial charge in [0.2, 0.25) is 5.88 Å². The number of aromatic nitrogens is 3. The molecule has 0 saturated carbocycles. The Morgan fingerprint density at radius 2 is 2.04 bits per heavy atom. The zero-order valence-corrected chi connectivity index (χ0v) is 14.1. The van der Waals surface area contributed by atoms with Crippen LogP contribution in [0.5, 0.6) is 5.88 Å². The van der Waals surface area contributed by atoms with Crippen molar-refractivity contribution >= 4 is 17.4 Å². The molecule has 0 atom stereocenters. The van der Waals surface area contributed by atoms with E-state index in [9.17, 15) is 18.0 Å². The van der Waals surface area contributed by atoms with Gasteiger partial charge in [-0.15, -0.1) is 5.10 Å². The van der Waals surface area contributed by atoms with E-state index in [-0.39, 0.29) is 17.9 Å². The monoisotopic (exact) mass is 372 g/mol. The van der Waals surface area contributed by atoms with E-state index in [1.54, 1.807) is 11.8 Å². The first-order chi connectivity index (χ1) is 11.8. The molecule has 25 heavy (non-hydrogen) atoms. The molecular weight excluding hydrogens is 357 g/mol. The molecule has 1 saturated heterocycles. The molecule has 0 spiro atoms. The first kappa shape index (κ1) is 17.6. The molecule has 3 heterocycles. The largest absolute Gasteiger partial charge is 0.474 e. The van der Waals surface area contributed by atoms with Crippen LogP contribution in [0.25, 0.3) is 0 Å². The Kier molecular flexibility index (Phi) is 4.89. The molecule has 0 N–H and O–H groups in total. The van der Waals surface area contributed by atoms with Gasteiger partial charge in [0.1, 0.15) is 11.0 Å². The summed E-state index contributed by atoms with van der Waals surface area (Å²) in [5, 5.41) is 3.84. The Morgan fingerprint density at radius 1 is 1.32 bits per heavy atom. The summed E-state index contributed by atoms with van der Waals surface area (Å²) in [5.41, 5.74) is -0.198. The maximum absolute atomic E-state index is 12.5. The van der Waals surface area contributed by atoms with Crippen molar-refractivity contribution in [3.8, 4) is 5.88 Å². The molecule has 0 bridgehead atoms. The first-order valence-electron chi connectivity index (χ1n) is 7.62. The number of alkyl halides is 3. The predicted octanol–water partition coefficient (Wildman–Crippen LogP) is 2.94. The SMILES string of the molecule is Cc1nnsc1C(=O)N1CCC(Oc2ccc(C(F)(F)F)cn2)CC1. The van der Waals surface area contributed by atoms with E-state index in [4.69, 9.17) is 4.74 Å². The van der Waals surface area contributed by atoms with Gasteiger partial charge in [-0.2, -0.15) is 13.2 Å². The van der Waals surface area contributed by atoms with Gasteiger partial charge in [0.25, 0.3) is 5.91 Å². The van der Waals surface area contributed by atoms with Crippen LogP contribution in [0.1, 0.15) is 33.8 Å². The number of hydrogen-bond donors (Lipinski definition) is 0. The van der Waals surface area contributed by atoms with Crippen LogP contribution in [0.4, 0.5) is 13.2 Å². The lowest BCUT2D eigenvalue weighted by atomic mass is 10.1. The molecule has 0 aromatic carbocycles. The molecule has 10 heteroatoms. The highest BCUT2D eigenvalue weighted by Gasteiger charge is 2.31. The van der Waals surface area contributed by atoms with Crippen LogP contribution >= 0.6 is 11.5 Å². The zero-order valence-electron chi connectivity index (χ0n) is 13.3. The average molecular weight is 372 g/mol. The normalized spacial score (nSPS) is 16.1. The molecule has 1 amide bonds. The molecule has 134 valence electrons. The summed E-state index contributed by atoms with van der Waals surface area (Å²) in [7, 11) is 0. The Balaban J connectivity index is 1.54. The standard InChI is InChI=1S/C15H15F3N4O2S/c1-9-13(25-21-20-9)14(23)22-6-4-11(5-7-22)24-12-3-2-10(8-19-12)15(16,17)18/h2-3,8,11H,4-7H2,1H3. The summed E-state index contributed by atoms with van der Waals surface area (Å²) in [5.74, 6) is 0.0545. The number of nitrogens with zero attached hydrogens (tertiary/aromatic N) is 4. The summed E-state index contributed by atoms with van der Waals surface area (Å²) >= 11 is 1.07. The Hall–Kier alpha value is -2.23. The minimum atomic E-state index is -4.42. The van der Waals surface area contributed by atoms with Crippen molar-refractivity contribution in [1.29, 1.82) is 0 Å². The van der Waals surface area contributed by atoms with E-state index >= 15 is 0 Å². The summed E-state index contributed by atoms with van der Waals surface area (Å²) in [6, 6.07) is 2.16. The van der Waals surface area contributed by atoms with Gasteiger partial charge in [0, 0.05) is 38.2 Å². The highest BCUT2D eigenvalue weighted by atomic mass is 32.1. The maximum atomic E-state index is 12.5. The summed E-state index contributed by atoms with van der Waals surface area (Å²) in [6.45, 7) is 2.74. The van der Waals surface area contributed by atoms with E-state index < -0.39 is 11.7 Å². The third kappa shape index (κ3) is 4.06. The third-order valence-electron chi connectivity index (χ3n) is 3.93. The highest BCUT2D eigenvalue weighted by molar-refractivity contribution is 7.07. The van der Waals surface area contributed by atoms with Crippen molar-refractivity contribution in [3.63, 3.8) is 0 Å². The molecule has 0 aliphatic carbocycles. The summed E-state index contributed by atoms with van der Waals surface area (Å²) < 4.78 is 46.9. The van der Waals surface area contributed by atoms with Crippen molar-refractivity contribution in [1.82, 2.24) is 19.5 Å². The van der Waals surface area contributed by atoms with Crippen LogP contribution in [0.15, 0.2) is 18.3 Å². The van der Waals surface area contributed by atoms with Crippen LogP contribution in [-0.2, 0) is 6.18 Å². The lowest BCUT2D eigenvalue weighted by molar-refractivity contribution is -0.137. The Bertz CT molecular complexity index is 740. The van der Waals surface area contributed by atoms with E-state index in [0.29, 0.717) is 36.5 Å². The number of rotatable bonds is 3. The van der Waals surface area contributed by atoms with Crippen molar-refractivity contribution < 1.29 is 22.7 Å². The Labute approximate surface area is 145 Å². The van der Waals surface area contributed by atoms with Crippen LogP contribution in [0.2, 0.25) is 0 Å². The molecule has 0 unspecified atom stereocenters. The fraction of sp³-hybridized carbons (Fsp3) is 0.467. The van der Waals surface area contributed by atoms with E-state index in [2.05, 4.69) is 14.6 Å². The molecule has 3 rings (SSSR count). The number of hydrogen-bond acceptors (Lipinski definition) is 6. The molecule has 1 aliphatic rings. The van der Waals surface area contributed by atoms with Gasteiger partial charge in [0.05, 0.1) is 11.3 Å². The molecule has 0 radical (unpaired) electrons. The number of likely N-dealkylation sites (tertiary alicyclic amines) is 1. The van der Waals surface area contributed by atoms with Gasteiger partial charge >= 0.3 is 6.18 Å². The Morgan fingerprint density at radius 3 is 2.56 bits per heavy atom. The van der Waals surface area contributed by atoms with Crippen molar-refractivity contribution in [3.05, 3.63) is 34.5 Å². The fourth-order valence-electron chi connectivity index (χ4n) is 2.54. The molecule has 2 aromatic rings. The number of piperidine rings is 1. The summed E-state index contributed by atoms with van der Waals surface area (Å²) in [6.07, 6.45) is -2.68. The van der Waals surface area contributed by atoms with E-state index in [1.807, 2.05) is 0 Å². The highest BCUT2D eigenvalue weighted by Crippen LogP contribution is 2.29. The molecule has 1 fully saturated rings. The van der Waals surface area contributed by atoms with Gasteiger partial charge in [-0.05, 0) is 24.5 Å². The van der Waals surface area contributed by atoms with Crippen LogP contribution in [0, 0.1) is 6.92 Å². The number of aryl methyl sites for hydroxylation is 1. The van der Waals surface area contributed by atoms with E-state index in [0.717, 1.165) is 23.8 Å². The number of pyridine rings is 1. The average Bonchev–Trinajstić information content (AvgIpc) is 3.01. The van der Waals surface area contributed by atoms with Crippen LogP contribution < -0.4 is 4.74 Å². The molecule has 1 aliphatic heterocycles. The lowest BCUT2D eigenvalue weighted by Gasteiger charge is -2.31. The second kappa shape index (κ2) is 6.95. The number of amides is 1. The minimum absolute atomic E-state index is 0.0985. The quantitative estimate of drug-likeness (QED) is 0.829. The van der Waals surface area contributed by atoms with Crippen molar-refractivity contribution in [2.24, 2.45) is 0 Å². The summed E-state index contributed by atoms with van der Waals surface area (Å²) in [4.78, 5) is 18.3. The molecule has 2 aromatic heterocycles. The second-order valence-corrected chi connectivity index (χ2v) is 6.43. The van der Waals surface area contributed by atoms with Crippen LogP contribution in [0.3, 0.4) is 0 Å². The first-order valence-corrected chi connectivity index (χ1v) is 8.40. The van der Waals surface area contributed by atoms with Gasteiger partial charge in [-0.25, -0.2) is 4.98 Å². The predicted molar refractivity (Wildman–Crippen MR) is 83.4 cm³/mol. The number of halogens is 3. The molecular formula is C15H15F3N4O2S. The minimum Gasteiger partial charge on any atom is -0.474 e. The third-order valence-corrected chi connectivity index (χ3v) is 4.74. The topological polar surface area (TPSA) is 68.2 Å². The van der Waals surface area contributed by atoms with E-state index in [1.165, 1.54) is 6.07 Å². The number of ether oxygens (including phenoxy) is 1. The molecule has 6 nitrogen and oxygen atoms in total. The lowest BCUT2D eigenvalue weighted by Crippen LogP contribution is -2.41.